The Balaban J connectivity index is 1.03. The van der Waals surface area contributed by atoms with Gasteiger partial charge in [0.25, 0.3) is 0 Å². The first kappa shape index (κ1) is 19.6. The van der Waals surface area contributed by atoms with Crippen molar-refractivity contribution in [2.45, 2.75) is 64.2 Å². The van der Waals surface area contributed by atoms with Crippen molar-refractivity contribution in [3.63, 3.8) is 0 Å². The van der Waals surface area contributed by atoms with Gasteiger partial charge in [0.05, 0.1) is 0 Å². The SMILES string of the molecule is O=C(Nc1cccc(NC(=O)C2C3CC4CC(C3)CC2C4)c1)C1C2CC3CC(C2)CC1C3. The van der Waals surface area contributed by atoms with Crippen LogP contribution in [-0.2, 0) is 9.59 Å². The minimum atomic E-state index is 0.189. The molecule has 0 atom stereocenters. The van der Waals surface area contributed by atoms with Crippen LogP contribution in [0.5, 0.6) is 0 Å². The van der Waals surface area contributed by atoms with Crippen molar-refractivity contribution in [3.05, 3.63) is 24.3 Å². The lowest BCUT2D eigenvalue weighted by molar-refractivity contribution is -0.133. The first-order chi connectivity index (χ1) is 15.6. The summed E-state index contributed by atoms with van der Waals surface area (Å²) in [6.07, 6.45) is 12.9. The summed E-state index contributed by atoms with van der Waals surface area (Å²) in [6, 6.07) is 7.85. The molecule has 2 N–H and O–H groups in total. The highest BCUT2D eigenvalue weighted by molar-refractivity contribution is 5.96. The van der Waals surface area contributed by atoms with Gasteiger partial charge in [-0.25, -0.2) is 0 Å². The van der Waals surface area contributed by atoms with Crippen LogP contribution in [0.15, 0.2) is 24.3 Å². The highest BCUT2D eigenvalue weighted by Gasteiger charge is 2.52. The molecule has 8 saturated carbocycles. The predicted octanol–water partition coefficient (Wildman–Crippen LogP) is 5.71. The normalized spacial score (nSPS) is 45.1. The van der Waals surface area contributed by atoms with Gasteiger partial charge >= 0.3 is 0 Å². The fourth-order valence-corrected chi connectivity index (χ4v) is 9.83. The van der Waals surface area contributed by atoms with Gasteiger partial charge in [0, 0.05) is 23.2 Å². The molecule has 8 aliphatic rings. The Morgan fingerprint density at radius 1 is 0.562 bits per heavy atom. The maximum Gasteiger partial charge on any atom is 0.228 e. The molecule has 0 heterocycles. The summed E-state index contributed by atoms with van der Waals surface area (Å²) in [5, 5.41) is 6.45. The highest BCUT2D eigenvalue weighted by Crippen LogP contribution is 2.57. The summed E-state index contributed by atoms with van der Waals surface area (Å²) in [7, 11) is 0. The highest BCUT2D eigenvalue weighted by atomic mass is 16.2. The maximum atomic E-state index is 13.3. The van der Waals surface area contributed by atoms with Crippen LogP contribution in [0.4, 0.5) is 11.4 Å². The minimum absolute atomic E-state index is 0.189. The second-order valence-electron chi connectivity index (χ2n) is 12.5. The van der Waals surface area contributed by atoms with Gasteiger partial charge in [-0.1, -0.05) is 6.07 Å². The van der Waals surface area contributed by atoms with Crippen LogP contribution >= 0.6 is 0 Å². The van der Waals surface area contributed by atoms with Gasteiger partial charge in [0.1, 0.15) is 0 Å². The Labute approximate surface area is 191 Å². The average molecular weight is 433 g/mol. The molecule has 0 aromatic heterocycles. The molecule has 8 fully saturated rings. The van der Waals surface area contributed by atoms with E-state index in [1.807, 2.05) is 24.3 Å². The second-order valence-corrected chi connectivity index (χ2v) is 12.5. The Kier molecular flexibility index (Phi) is 4.49. The van der Waals surface area contributed by atoms with E-state index in [1.165, 1.54) is 64.2 Å². The van der Waals surface area contributed by atoms with Crippen LogP contribution in [0.3, 0.4) is 0 Å². The van der Waals surface area contributed by atoms with Gasteiger partial charge in [-0.3, -0.25) is 9.59 Å². The molecule has 4 heteroatoms. The molecule has 32 heavy (non-hydrogen) atoms. The molecular formula is C28H36N2O2. The van der Waals surface area contributed by atoms with Crippen LogP contribution < -0.4 is 10.6 Å². The topological polar surface area (TPSA) is 58.2 Å². The van der Waals surface area contributed by atoms with E-state index in [2.05, 4.69) is 10.6 Å². The van der Waals surface area contributed by atoms with Crippen molar-refractivity contribution >= 4 is 23.2 Å². The summed E-state index contributed by atoms with van der Waals surface area (Å²) >= 11 is 0. The van der Waals surface area contributed by atoms with Crippen molar-refractivity contribution < 1.29 is 9.59 Å². The number of hydrogen-bond donors (Lipinski definition) is 2. The molecule has 0 spiro atoms. The van der Waals surface area contributed by atoms with E-state index in [0.29, 0.717) is 23.7 Å². The number of amides is 2. The van der Waals surface area contributed by atoms with Gasteiger partial charge < -0.3 is 10.6 Å². The Morgan fingerprint density at radius 3 is 1.25 bits per heavy atom. The minimum Gasteiger partial charge on any atom is -0.326 e. The number of carbonyl (C=O) groups is 2. The number of hydrogen-bond acceptors (Lipinski definition) is 2. The summed E-state index contributed by atoms with van der Waals surface area (Å²) in [4.78, 5) is 26.5. The molecule has 1 aromatic carbocycles. The Hall–Kier alpha value is -1.84. The number of carbonyl (C=O) groups excluding carboxylic acids is 2. The molecule has 0 unspecified atom stereocenters. The molecule has 1 aromatic rings. The third kappa shape index (κ3) is 3.23. The zero-order valence-corrected chi connectivity index (χ0v) is 19.0. The number of benzene rings is 1. The molecule has 0 aliphatic heterocycles. The fraction of sp³-hybridized carbons (Fsp3) is 0.714. The monoisotopic (exact) mass is 432 g/mol. The molecule has 0 radical (unpaired) electrons. The van der Waals surface area contributed by atoms with Crippen molar-refractivity contribution in [3.8, 4) is 0 Å². The van der Waals surface area contributed by atoms with Crippen LogP contribution in [0, 0.1) is 59.2 Å². The molecule has 4 nitrogen and oxygen atoms in total. The summed E-state index contributed by atoms with van der Waals surface area (Å²) < 4.78 is 0. The quantitative estimate of drug-likeness (QED) is 0.640. The van der Waals surface area contributed by atoms with Gasteiger partial charge in [-0.05, 0) is 130 Å². The van der Waals surface area contributed by atoms with Crippen molar-refractivity contribution in [2.24, 2.45) is 59.2 Å². The predicted molar refractivity (Wildman–Crippen MR) is 125 cm³/mol. The molecule has 8 aliphatic carbocycles. The zero-order chi connectivity index (χ0) is 21.4. The third-order valence-electron chi connectivity index (χ3n) is 10.5. The van der Waals surface area contributed by atoms with Gasteiger partial charge in [-0.2, -0.15) is 0 Å². The number of nitrogens with one attached hydrogen (secondary N) is 2. The second kappa shape index (κ2) is 7.33. The van der Waals surface area contributed by atoms with Gasteiger partial charge in [-0.15, -0.1) is 0 Å². The molecular weight excluding hydrogens is 396 g/mol. The van der Waals surface area contributed by atoms with Crippen LogP contribution in [0.2, 0.25) is 0 Å². The lowest BCUT2D eigenvalue weighted by Gasteiger charge is -2.53. The third-order valence-corrected chi connectivity index (χ3v) is 10.5. The first-order valence-electron chi connectivity index (χ1n) is 13.3. The Bertz CT molecular complexity index is 812. The molecule has 9 rings (SSSR count). The van der Waals surface area contributed by atoms with E-state index in [1.54, 1.807) is 0 Å². The number of rotatable bonds is 4. The summed E-state index contributed by atoms with van der Waals surface area (Å²) in [6.45, 7) is 0. The van der Waals surface area contributed by atoms with E-state index in [0.717, 1.165) is 35.0 Å². The van der Waals surface area contributed by atoms with Gasteiger partial charge in [0.15, 0.2) is 0 Å². The van der Waals surface area contributed by atoms with Crippen molar-refractivity contribution in [1.82, 2.24) is 0 Å². The molecule has 0 saturated heterocycles. The van der Waals surface area contributed by atoms with E-state index >= 15 is 0 Å². The zero-order valence-electron chi connectivity index (χ0n) is 19.0. The largest absolute Gasteiger partial charge is 0.326 e. The number of anilines is 2. The first-order valence-corrected chi connectivity index (χ1v) is 13.3. The standard InChI is InChI=1S/C28H36N2O2/c31-27(25-19-6-15-4-16(8-19)9-20(25)7-15)29-23-2-1-3-24(14-23)30-28(32)26-21-10-17-5-18(12-21)13-22(26)11-17/h1-3,14-22,25-26H,4-13H2,(H,29,31)(H,30,32). The fourth-order valence-electron chi connectivity index (χ4n) is 9.83. The smallest absolute Gasteiger partial charge is 0.228 e. The molecule has 8 bridgehead atoms. The lowest BCUT2D eigenvalue weighted by atomic mass is 9.51. The van der Waals surface area contributed by atoms with E-state index in [4.69, 9.17) is 0 Å². The summed E-state index contributed by atoms with van der Waals surface area (Å²) in [5.41, 5.74) is 1.65. The average Bonchev–Trinajstić information content (AvgIpc) is 2.72. The van der Waals surface area contributed by atoms with Crippen molar-refractivity contribution in [2.75, 3.05) is 10.6 Å². The van der Waals surface area contributed by atoms with Crippen molar-refractivity contribution in [1.29, 1.82) is 0 Å². The maximum absolute atomic E-state index is 13.3. The Morgan fingerprint density at radius 2 is 0.906 bits per heavy atom. The lowest BCUT2D eigenvalue weighted by Crippen LogP contribution is -2.49. The summed E-state index contributed by atoms with van der Waals surface area (Å²) in [5.74, 6) is 6.68. The van der Waals surface area contributed by atoms with Gasteiger partial charge in [0.2, 0.25) is 11.8 Å². The van der Waals surface area contributed by atoms with Crippen LogP contribution in [0.1, 0.15) is 64.2 Å². The molecule has 170 valence electrons. The van der Waals surface area contributed by atoms with E-state index in [-0.39, 0.29) is 23.7 Å². The van der Waals surface area contributed by atoms with Crippen LogP contribution in [-0.4, -0.2) is 11.8 Å². The van der Waals surface area contributed by atoms with E-state index in [9.17, 15) is 9.59 Å². The molecule has 2 amide bonds. The van der Waals surface area contributed by atoms with Crippen LogP contribution in [0.25, 0.3) is 0 Å². The van der Waals surface area contributed by atoms with E-state index < -0.39 is 0 Å².